The number of rotatable bonds is 6. The number of carboxylic acid groups (broad SMARTS) is 1. The highest BCUT2D eigenvalue weighted by atomic mass is 32.1. The van der Waals surface area contributed by atoms with Gasteiger partial charge in [-0.25, -0.2) is 0 Å². The van der Waals surface area contributed by atoms with E-state index in [9.17, 15) is 18.0 Å². The van der Waals surface area contributed by atoms with Crippen LogP contribution in [0.25, 0.3) is 0 Å². The highest BCUT2D eigenvalue weighted by molar-refractivity contribution is 7.09. The van der Waals surface area contributed by atoms with E-state index in [1.165, 1.54) is 11.3 Å². The topological polar surface area (TPSA) is 46.5 Å². The van der Waals surface area contributed by atoms with Crippen molar-refractivity contribution in [3.05, 3.63) is 22.4 Å². The molecule has 0 radical (unpaired) electrons. The van der Waals surface area contributed by atoms with Gasteiger partial charge in [0.25, 0.3) is 0 Å². The number of halogens is 3. The van der Waals surface area contributed by atoms with Crippen LogP contribution in [0.2, 0.25) is 0 Å². The zero-order valence-corrected chi connectivity index (χ0v) is 9.55. The largest absolute Gasteiger partial charge is 0.481 e. The van der Waals surface area contributed by atoms with Gasteiger partial charge < -0.3 is 9.84 Å². The summed E-state index contributed by atoms with van der Waals surface area (Å²) in [5, 5.41) is 10.2. The standard InChI is InChI=1S/C10H11F3O3S/c11-10(12,13)8(6-9(14)15)16-4-3-7-2-1-5-17-7/h1-2,5,8H,3-4,6H2,(H,14,15). The predicted octanol–water partition coefficient (Wildman–Crippen LogP) is 2.71. The molecule has 0 amide bonds. The zero-order valence-electron chi connectivity index (χ0n) is 8.74. The molecule has 3 nitrogen and oxygen atoms in total. The highest BCUT2D eigenvalue weighted by Crippen LogP contribution is 2.25. The first kappa shape index (κ1) is 14.0. The van der Waals surface area contributed by atoms with Gasteiger partial charge in [0.15, 0.2) is 6.10 Å². The fraction of sp³-hybridized carbons (Fsp3) is 0.500. The fourth-order valence-electron chi connectivity index (χ4n) is 1.18. The summed E-state index contributed by atoms with van der Waals surface area (Å²) >= 11 is 1.42. The van der Waals surface area contributed by atoms with Crippen molar-refractivity contribution in [3.63, 3.8) is 0 Å². The minimum absolute atomic E-state index is 0.141. The third-order valence-electron chi connectivity index (χ3n) is 1.97. The molecule has 1 aromatic rings. The van der Waals surface area contributed by atoms with Crippen LogP contribution in [0.1, 0.15) is 11.3 Å². The lowest BCUT2D eigenvalue weighted by Crippen LogP contribution is -2.34. The molecule has 0 aliphatic carbocycles. The van der Waals surface area contributed by atoms with E-state index in [1.807, 2.05) is 5.38 Å². The first-order chi connectivity index (χ1) is 7.89. The van der Waals surface area contributed by atoms with E-state index in [0.29, 0.717) is 6.42 Å². The Morgan fingerprint density at radius 2 is 2.24 bits per heavy atom. The molecule has 1 atom stereocenters. The molecule has 0 saturated heterocycles. The lowest BCUT2D eigenvalue weighted by atomic mass is 10.2. The molecule has 1 aromatic heterocycles. The number of carbonyl (C=O) groups is 1. The Balaban J connectivity index is 2.41. The third kappa shape index (κ3) is 5.18. The van der Waals surface area contributed by atoms with E-state index in [2.05, 4.69) is 4.74 Å². The van der Waals surface area contributed by atoms with Crippen molar-refractivity contribution < 1.29 is 27.8 Å². The van der Waals surface area contributed by atoms with Crippen molar-refractivity contribution in [1.29, 1.82) is 0 Å². The Kier molecular flexibility index (Phi) is 4.95. The highest BCUT2D eigenvalue weighted by Gasteiger charge is 2.41. The fourth-order valence-corrected chi connectivity index (χ4v) is 1.87. The first-order valence-electron chi connectivity index (χ1n) is 4.82. The lowest BCUT2D eigenvalue weighted by Gasteiger charge is -2.18. The van der Waals surface area contributed by atoms with E-state index < -0.39 is 24.7 Å². The van der Waals surface area contributed by atoms with Crippen LogP contribution in [0, 0.1) is 0 Å². The van der Waals surface area contributed by atoms with Gasteiger partial charge in [-0.3, -0.25) is 4.79 Å². The minimum Gasteiger partial charge on any atom is -0.481 e. The average molecular weight is 268 g/mol. The molecule has 0 aliphatic rings. The Morgan fingerprint density at radius 1 is 1.53 bits per heavy atom. The second kappa shape index (κ2) is 6.02. The molecular formula is C10H11F3O3S. The van der Waals surface area contributed by atoms with Crippen LogP contribution in [0.4, 0.5) is 13.2 Å². The molecule has 0 bridgehead atoms. The summed E-state index contributed by atoms with van der Waals surface area (Å²) in [5.41, 5.74) is 0. The van der Waals surface area contributed by atoms with E-state index in [-0.39, 0.29) is 6.61 Å². The predicted molar refractivity (Wildman–Crippen MR) is 56.1 cm³/mol. The quantitative estimate of drug-likeness (QED) is 0.862. The van der Waals surface area contributed by atoms with E-state index in [1.54, 1.807) is 12.1 Å². The normalized spacial score (nSPS) is 13.6. The second-order valence-corrected chi connectivity index (χ2v) is 4.36. The van der Waals surface area contributed by atoms with Crippen LogP contribution in [-0.4, -0.2) is 30.0 Å². The molecule has 7 heteroatoms. The average Bonchev–Trinajstić information content (AvgIpc) is 2.67. The molecule has 1 unspecified atom stereocenters. The van der Waals surface area contributed by atoms with Gasteiger partial charge in [0.05, 0.1) is 13.0 Å². The van der Waals surface area contributed by atoms with E-state index in [4.69, 9.17) is 5.11 Å². The molecule has 1 N–H and O–H groups in total. The van der Waals surface area contributed by atoms with Gasteiger partial charge >= 0.3 is 12.1 Å². The van der Waals surface area contributed by atoms with Crippen molar-refractivity contribution in [2.24, 2.45) is 0 Å². The molecule has 0 spiro atoms. The molecule has 0 aromatic carbocycles. The number of alkyl halides is 3. The SMILES string of the molecule is O=C(O)CC(OCCc1cccs1)C(F)(F)F. The molecule has 0 saturated carbocycles. The number of hydrogen-bond acceptors (Lipinski definition) is 3. The second-order valence-electron chi connectivity index (χ2n) is 3.33. The monoisotopic (exact) mass is 268 g/mol. The smallest absolute Gasteiger partial charge is 0.415 e. The van der Waals surface area contributed by atoms with Gasteiger partial charge in [-0.05, 0) is 11.4 Å². The number of aliphatic carboxylic acids is 1. The summed E-state index contributed by atoms with van der Waals surface area (Å²) in [6.07, 6.45) is -7.59. The van der Waals surface area contributed by atoms with Crippen molar-refractivity contribution in [1.82, 2.24) is 0 Å². The Labute approximate surface area is 99.8 Å². The summed E-state index contributed by atoms with van der Waals surface area (Å²) in [6, 6.07) is 3.58. The third-order valence-corrected chi connectivity index (χ3v) is 2.91. The van der Waals surface area contributed by atoms with Crippen molar-refractivity contribution in [2.75, 3.05) is 6.61 Å². The summed E-state index contributed by atoms with van der Waals surface area (Å²) in [4.78, 5) is 11.2. The van der Waals surface area contributed by atoms with Crippen molar-refractivity contribution >= 4 is 17.3 Å². The molecule has 0 fully saturated rings. The van der Waals surface area contributed by atoms with Crippen LogP contribution in [0.3, 0.4) is 0 Å². The van der Waals surface area contributed by atoms with Gasteiger partial charge in [-0.1, -0.05) is 6.07 Å². The summed E-state index contributed by atoms with van der Waals surface area (Å²) in [5.74, 6) is -1.52. The molecule has 1 rings (SSSR count). The van der Waals surface area contributed by atoms with Crippen molar-refractivity contribution in [2.45, 2.75) is 25.1 Å². The number of thiophene rings is 1. The molecule has 96 valence electrons. The molecular weight excluding hydrogens is 257 g/mol. The van der Waals surface area contributed by atoms with E-state index >= 15 is 0 Å². The maximum absolute atomic E-state index is 12.4. The van der Waals surface area contributed by atoms with Crippen LogP contribution in [0.15, 0.2) is 17.5 Å². The van der Waals surface area contributed by atoms with Crippen LogP contribution < -0.4 is 0 Å². The van der Waals surface area contributed by atoms with Gasteiger partial charge in [-0.15, -0.1) is 11.3 Å². The van der Waals surface area contributed by atoms with Crippen LogP contribution >= 0.6 is 11.3 Å². The van der Waals surface area contributed by atoms with Crippen LogP contribution in [-0.2, 0) is 16.0 Å². The summed E-state index contributed by atoms with van der Waals surface area (Å²) < 4.78 is 41.7. The van der Waals surface area contributed by atoms with Gasteiger partial charge in [0.1, 0.15) is 0 Å². The summed E-state index contributed by atoms with van der Waals surface area (Å²) in [7, 11) is 0. The Morgan fingerprint density at radius 3 is 2.71 bits per heavy atom. The number of hydrogen-bond donors (Lipinski definition) is 1. The number of ether oxygens (including phenoxy) is 1. The van der Waals surface area contributed by atoms with Gasteiger partial charge in [0.2, 0.25) is 0 Å². The first-order valence-corrected chi connectivity index (χ1v) is 5.70. The van der Waals surface area contributed by atoms with Crippen molar-refractivity contribution in [3.8, 4) is 0 Å². The Hall–Kier alpha value is -1.08. The maximum Gasteiger partial charge on any atom is 0.415 e. The molecule has 0 aliphatic heterocycles. The van der Waals surface area contributed by atoms with Crippen LogP contribution in [0.5, 0.6) is 0 Å². The molecule has 17 heavy (non-hydrogen) atoms. The van der Waals surface area contributed by atoms with E-state index in [0.717, 1.165) is 4.88 Å². The Bertz CT molecular complexity index is 348. The molecule has 1 heterocycles. The lowest BCUT2D eigenvalue weighted by molar-refractivity contribution is -0.223. The van der Waals surface area contributed by atoms with Gasteiger partial charge in [0, 0.05) is 11.3 Å². The maximum atomic E-state index is 12.4. The van der Waals surface area contributed by atoms with Gasteiger partial charge in [-0.2, -0.15) is 13.2 Å². The summed E-state index contributed by atoms with van der Waals surface area (Å²) in [6.45, 7) is -0.141. The zero-order chi connectivity index (χ0) is 12.9. The number of carboxylic acids is 1. The minimum atomic E-state index is -4.65.